The number of fused-ring (bicyclic) bond motifs is 1. The molecule has 6 heteroatoms. The summed E-state index contributed by atoms with van der Waals surface area (Å²) in [7, 11) is -3.66. The maximum absolute atomic E-state index is 13.1. The molecule has 1 aliphatic rings. The second-order valence-electron chi connectivity index (χ2n) is 7.01. The van der Waals surface area contributed by atoms with Gasteiger partial charge in [-0.25, -0.2) is 13.1 Å². The van der Waals surface area contributed by atoms with E-state index in [2.05, 4.69) is 9.62 Å². The van der Waals surface area contributed by atoms with Gasteiger partial charge in [0.2, 0.25) is 10.0 Å². The first-order chi connectivity index (χ1) is 13.6. The summed E-state index contributed by atoms with van der Waals surface area (Å²) in [6.07, 6.45) is 0. The number of morpholine rings is 1. The zero-order valence-electron chi connectivity index (χ0n) is 15.6. The molecule has 0 aliphatic carbocycles. The molecule has 1 N–H and O–H groups in total. The van der Waals surface area contributed by atoms with Crippen molar-refractivity contribution in [3.63, 3.8) is 0 Å². The molecule has 0 amide bonds. The van der Waals surface area contributed by atoms with Crippen LogP contribution < -0.4 is 4.72 Å². The minimum Gasteiger partial charge on any atom is -0.379 e. The predicted molar refractivity (Wildman–Crippen MR) is 111 cm³/mol. The lowest BCUT2D eigenvalue weighted by atomic mass is 10.1. The molecule has 1 saturated heterocycles. The summed E-state index contributed by atoms with van der Waals surface area (Å²) in [4.78, 5) is 2.53. The zero-order valence-corrected chi connectivity index (χ0v) is 16.4. The summed E-state index contributed by atoms with van der Waals surface area (Å²) < 4.78 is 34.6. The lowest BCUT2D eigenvalue weighted by Crippen LogP contribution is -2.43. The van der Waals surface area contributed by atoms with Gasteiger partial charge in [0.1, 0.15) is 0 Å². The molecule has 0 radical (unpaired) electrons. The van der Waals surface area contributed by atoms with Crippen LogP contribution in [0.3, 0.4) is 0 Å². The van der Waals surface area contributed by atoms with Crippen molar-refractivity contribution in [2.45, 2.75) is 10.9 Å². The van der Waals surface area contributed by atoms with Crippen molar-refractivity contribution in [3.05, 3.63) is 78.4 Å². The molecule has 1 heterocycles. The second kappa shape index (κ2) is 8.41. The number of hydrogen-bond acceptors (Lipinski definition) is 4. The number of hydrogen-bond donors (Lipinski definition) is 1. The fourth-order valence-corrected chi connectivity index (χ4v) is 4.78. The Hall–Kier alpha value is -2.25. The highest BCUT2D eigenvalue weighted by molar-refractivity contribution is 7.89. The lowest BCUT2D eigenvalue weighted by Gasteiger charge is -2.31. The van der Waals surface area contributed by atoms with E-state index in [1.165, 1.54) is 0 Å². The Morgan fingerprint density at radius 1 is 0.893 bits per heavy atom. The first-order valence-corrected chi connectivity index (χ1v) is 11.0. The van der Waals surface area contributed by atoms with Crippen molar-refractivity contribution in [3.8, 4) is 0 Å². The van der Waals surface area contributed by atoms with Gasteiger partial charge in [0.15, 0.2) is 0 Å². The Balaban J connectivity index is 1.61. The van der Waals surface area contributed by atoms with Crippen LogP contribution in [-0.2, 0) is 14.8 Å². The smallest absolute Gasteiger partial charge is 0.241 e. The highest BCUT2D eigenvalue weighted by Crippen LogP contribution is 2.22. The van der Waals surface area contributed by atoms with Crippen LogP contribution in [0, 0.1) is 0 Å². The van der Waals surface area contributed by atoms with Crippen LogP contribution >= 0.6 is 0 Å². The Kier molecular flexibility index (Phi) is 5.73. The van der Waals surface area contributed by atoms with Gasteiger partial charge in [0, 0.05) is 19.6 Å². The average molecular weight is 397 g/mol. The van der Waals surface area contributed by atoms with Gasteiger partial charge in [0.25, 0.3) is 0 Å². The van der Waals surface area contributed by atoms with E-state index in [0.717, 1.165) is 29.4 Å². The summed E-state index contributed by atoms with van der Waals surface area (Å²) in [6.45, 7) is 3.58. The Labute approximate surface area is 166 Å². The summed E-state index contributed by atoms with van der Waals surface area (Å²) in [6, 6.07) is 22.4. The molecule has 3 aromatic rings. The third kappa shape index (κ3) is 4.42. The maximum atomic E-state index is 13.1. The summed E-state index contributed by atoms with van der Waals surface area (Å²) in [5, 5.41) is 1.93. The van der Waals surface area contributed by atoms with Crippen LogP contribution in [0.15, 0.2) is 77.7 Å². The Morgan fingerprint density at radius 2 is 1.57 bits per heavy atom. The number of benzene rings is 3. The molecule has 0 spiro atoms. The fourth-order valence-electron chi connectivity index (χ4n) is 3.53. The van der Waals surface area contributed by atoms with Crippen LogP contribution in [0.5, 0.6) is 0 Å². The zero-order chi connectivity index (χ0) is 19.4. The lowest BCUT2D eigenvalue weighted by molar-refractivity contribution is 0.0345. The van der Waals surface area contributed by atoms with E-state index >= 15 is 0 Å². The van der Waals surface area contributed by atoms with E-state index in [-0.39, 0.29) is 10.9 Å². The van der Waals surface area contributed by atoms with Gasteiger partial charge in [-0.2, -0.15) is 0 Å². The molecule has 0 aromatic heterocycles. The monoisotopic (exact) mass is 396 g/mol. The SMILES string of the molecule is O=S(=O)(N[C@@H](CN1CCOCC1)c1ccccc1)c1ccc2ccccc2c1. The Bertz CT molecular complexity index is 1030. The minimum absolute atomic E-state index is 0.286. The summed E-state index contributed by atoms with van der Waals surface area (Å²) in [5.41, 5.74) is 0.957. The Morgan fingerprint density at radius 3 is 2.32 bits per heavy atom. The van der Waals surface area contributed by atoms with Gasteiger partial charge in [0.05, 0.1) is 24.2 Å². The van der Waals surface area contributed by atoms with Gasteiger partial charge in [-0.1, -0.05) is 60.7 Å². The van der Waals surface area contributed by atoms with E-state index in [0.29, 0.717) is 19.8 Å². The van der Waals surface area contributed by atoms with Crippen molar-refractivity contribution >= 4 is 20.8 Å². The van der Waals surface area contributed by atoms with Crippen molar-refractivity contribution < 1.29 is 13.2 Å². The minimum atomic E-state index is -3.66. The largest absolute Gasteiger partial charge is 0.379 e. The molecular formula is C22H24N2O3S. The van der Waals surface area contributed by atoms with E-state index in [9.17, 15) is 8.42 Å². The third-order valence-electron chi connectivity index (χ3n) is 5.08. The van der Waals surface area contributed by atoms with Gasteiger partial charge in [-0.05, 0) is 28.5 Å². The molecule has 3 aromatic carbocycles. The van der Waals surface area contributed by atoms with Crippen LogP contribution in [0.1, 0.15) is 11.6 Å². The van der Waals surface area contributed by atoms with E-state index in [4.69, 9.17) is 4.74 Å². The van der Waals surface area contributed by atoms with Crippen LogP contribution in [0.25, 0.3) is 10.8 Å². The highest BCUT2D eigenvalue weighted by atomic mass is 32.2. The molecule has 5 nitrogen and oxygen atoms in total. The normalized spacial score (nSPS) is 16.9. The number of ether oxygens (including phenoxy) is 1. The standard InChI is InChI=1S/C22H24N2O3S/c25-28(26,21-11-10-18-6-4-5-9-20(18)16-21)23-22(19-7-2-1-3-8-19)17-24-12-14-27-15-13-24/h1-11,16,22-23H,12-15,17H2/t22-/m0/s1. The van der Waals surface area contributed by atoms with Gasteiger partial charge in [-0.3, -0.25) is 4.90 Å². The predicted octanol–water partition coefficient (Wildman–Crippen LogP) is 3.19. The number of nitrogens with zero attached hydrogens (tertiary/aromatic N) is 1. The average Bonchev–Trinajstić information content (AvgIpc) is 2.74. The molecule has 0 bridgehead atoms. The number of rotatable bonds is 6. The summed E-state index contributed by atoms with van der Waals surface area (Å²) in [5.74, 6) is 0. The highest BCUT2D eigenvalue weighted by Gasteiger charge is 2.24. The first-order valence-electron chi connectivity index (χ1n) is 9.48. The van der Waals surface area contributed by atoms with Gasteiger partial charge in [-0.15, -0.1) is 0 Å². The van der Waals surface area contributed by atoms with Crippen LogP contribution in [-0.4, -0.2) is 46.2 Å². The molecule has 1 fully saturated rings. The van der Waals surface area contributed by atoms with Gasteiger partial charge >= 0.3 is 0 Å². The molecule has 146 valence electrons. The van der Waals surface area contributed by atoms with Crippen molar-refractivity contribution in [2.24, 2.45) is 0 Å². The van der Waals surface area contributed by atoms with Crippen LogP contribution in [0.2, 0.25) is 0 Å². The van der Waals surface area contributed by atoms with E-state index in [1.807, 2.05) is 60.7 Å². The molecule has 4 rings (SSSR count). The molecule has 1 aliphatic heterocycles. The molecule has 0 unspecified atom stereocenters. The van der Waals surface area contributed by atoms with Crippen LogP contribution in [0.4, 0.5) is 0 Å². The quantitative estimate of drug-likeness (QED) is 0.695. The second-order valence-corrected chi connectivity index (χ2v) is 8.72. The molecule has 0 saturated carbocycles. The van der Waals surface area contributed by atoms with Crippen molar-refractivity contribution in [1.82, 2.24) is 9.62 Å². The maximum Gasteiger partial charge on any atom is 0.241 e. The molecule has 1 atom stereocenters. The van der Waals surface area contributed by atoms with Crippen molar-refractivity contribution in [1.29, 1.82) is 0 Å². The fraction of sp³-hybridized carbons (Fsp3) is 0.273. The van der Waals surface area contributed by atoms with E-state index in [1.54, 1.807) is 12.1 Å². The molecular weight excluding hydrogens is 372 g/mol. The topological polar surface area (TPSA) is 58.6 Å². The van der Waals surface area contributed by atoms with E-state index < -0.39 is 10.0 Å². The summed E-state index contributed by atoms with van der Waals surface area (Å²) >= 11 is 0. The molecule has 28 heavy (non-hydrogen) atoms. The van der Waals surface area contributed by atoms with Gasteiger partial charge < -0.3 is 4.74 Å². The number of sulfonamides is 1. The number of nitrogens with one attached hydrogen (secondary N) is 1. The third-order valence-corrected chi connectivity index (χ3v) is 6.54. The first kappa shape index (κ1) is 19.1. The van der Waals surface area contributed by atoms with Crippen molar-refractivity contribution in [2.75, 3.05) is 32.8 Å².